The third-order valence-corrected chi connectivity index (χ3v) is 20.3. The molecule has 15 rings (SSSR count). The monoisotopic (exact) mass is 1600 g/mol. The number of carbonyl (C=O) groups is 7. The summed E-state index contributed by atoms with van der Waals surface area (Å²) < 4.78 is 38.8. The number of rotatable bonds is 15. The first-order valence-corrected chi connectivity index (χ1v) is 36.6. The number of aromatic hydroxyl groups is 6. The minimum absolute atomic E-state index is 0.00784. The zero-order chi connectivity index (χ0) is 80.4. The molecule has 0 aliphatic carbocycles. The van der Waals surface area contributed by atoms with E-state index in [0.29, 0.717) is 12.3 Å². The van der Waals surface area contributed by atoms with Gasteiger partial charge in [0.15, 0.2) is 41.4 Å². The molecule has 14 atom stereocenters. The predicted molar refractivity (Wildman–Crippen MR) is 394 cm³/mol. The summed E-state index contributed by atoms with van der Waals surface area (Å²) in [6, 6.07) is 6.03. The Morgan fingerprint density at radius 2 is 1.29 bits per heavy atom. The summed E-state index contributed by atoms with van der Waals surface area (Å²) >= 11 is 14.3. The Balaban J connectivity index is 0.982. The second-order valence-corrected chi connectivity index (χ2v) is 28.5. The molecule has 0 saturated carbocycles. The topological polar surface area (TPSA) is 512 Å². The van der Waals surface area contributed by atoms with Crippen LogP contribution in [0.2, 0.25) is 10.0 Å². The van der Waals surface area contributed by atoms with Crippen molar-refractivity contribution in [2.75, 3.05) is 13.2 Å². The van der Waals surface area contributed by atoms with E-state index in [-0.39, 0.29) is 68.0 Å². The molecule has 17 bridgehead atoms. The molecule has 594 valence electrons. The lowest BCUT2D eigenvalue weighted by Gasteiger charge is -2.44. The number of nitrogens with one attached hydrogen (secondary N) is 7. The first kappa shape index (κ1) is 79.5. The lowest BCUT2D eigenvalue weighted by atomic mass is 9.89. The first-order chi connectivity index (χ1) is 54.1. The summed E-state index contributed by atoms with van der Waals surface area (Å²) in [5.41, 5.74) is -2.00. The van der Waals surface area contributed by atoms with E-state index in [9.17, 15) is 65.8 Å². The highest BCUT2D eigenvalue weighted by atomic mass is 35.5. The van der Waals surface area contributed by atoms with Crippen molar-refractivity contribution in [3.05, 3.63) is 176 Å². The van der Waals surface area contributed by atoms with Crippen molar-refractivity contribution in [1.82, 2.24) is 52.2 Å². The molecule has 1 unspecified atom stereocenters. The predicted octanol–water partition coefficient (Wildman–Crippen LogP) is 5.80. The third-order valence-electron chi connectivity index (χ3n) is 19.7. The van der Waals surface area contributed by atoms with Crippen molar-refractivity contribution in [2.45, 2.75) is 151 Å². The molecule has 34 nitrogen and oxygen atoms in total. The van der Waals surface area contributed by atoms with Crippen LogP contribution in [0.25, 0.3) is 11.1 Å². The van der Waals surface area contributed by atoms with E-state index < -0.39 is 207 Å². The Kier molecular flexibility index (Phi) is 23.8. The molecule has 1 fully saturated rings. The van der Waals surface area contributed by atoms with Crippen LogP contribution in [0, 0.1) is 0 Å². The maximum absolute atomic E-state index is 16.1. The standard InChI is InChI=1S/C77H78Cl2N10O24/c1-3-4-5-6-7-8-17-108-32-40-30-89(88-87-40)65-36-11-14-50(95)54(24-36)109-43-21-38(20-41(92)27-43)60-72(102)84-61-39-25-55(110-52-15-9-34(18-46(52)78)19-48(70(100)82-60)81-75(65)105)66(97)56(26-39)111-53-16-12-37(23-47(53)79)69(113-77-63(80-33(2)91)68(99)67(98)57(31-90)112-77)64-74(104)85-62(76(106)107)45-28-42(93)29-51(96)58(45)44-22-35(10-13-49(44)94)59(71(101)86-64)83-73(61)103/h9-16,18,20-30,48,57,59-65,67-69,73,77,83,90,92-99,103H,3-8,17,19,31-32H2,1-2H3,(H,80,91)(H,81,105)(H,82,100)(H,84,102)(H,85,104)(H,86,101)(H,106,107)/t48-,57-,59-,60+,61-,62-,63-,64-,65-,67-,68-,69-,73?,77+/m1/s1. The summed E-state index contributed by atoms with van der Waals surface area (Å²) in [6.45, 7) is 2.59. The van der Waals surface area contributed by atoms with Crippen LogP contribution in [-0.4, -0.2) is 175 Å². The first-order valence-electron chi connectivity index (χ1n) is 35.9. The molecule has 7 aromatic carbocycles. The molecule has 8 heterocycles. The minimum Gasteiger partial charge on any atom is -0.508 e. The number of aliphatic carboxylic acids is 1. The maximum atomic E-state index is 16.1. The van der Waals surface area contributed by atoms with E-state index >= 15 is 24.0 Å². The lowest BCUT2D eigenvalue weighted by Crippen LogP contribution is -2.65. The minimum atomic E-state index is -2.46. The van der Waals surface area contributed by atoms with E-state index in [1.807, 2.05) is 0 Å². The zero-order valence-corrected chi connectivity index (χ0v) is 61.5. The molecular weight excluding hydrogens is 1520 g/mol. The molecule has 113 heavy (non-hydrogen) atoms. The van der Waals surface area contributed by atoms with Gasteiger partial charge in [0, 0.05) is 48.8 Å². The molecule has 18 N–H and O–H groups in total. The lowest BCUT2D eigenvalue weighted by molar-refractivity contribution is -0.284. The zero-order valence-electron chi connectivity index (χ0n) is 60.0. The molecule has 1 saturated heterocycles. The van der Waals surface area contributed by atoms with Crippen molar-refractivity contribution >= 4 is 64.6 Å². The third kappa shape index (κ3) is 17.3. The molecule has 6 amide bonds. The van der Waals surface area contributed by atoms with Gasteiger partial charge in [-0.3, -0.25) is 34.1 Å². The number of fused-ring (bicyclic) bond motifs is 14. The quantitative estimate of drug-likeness (QED) is 0.0539. The molecule has 0 spiro atoms. The molecule has 8 aromatic rings. The number of aromatic nitrogens is 3. The van der Waals surface area contributed by atoms with Gasteiger partial charge in [-0.15, -0.1) is 5.10 Å². The number of benzene rings is 7. The Labute approximate surface area is 652 Å². The SMILES string of the molecule is CCCCCCCCOCc1cn([C@H]2C(=O)N[C@@H]3Cc4ccc(c(Cl)c4)Oc4cc5cc(c4O)Oc4ccc(cc4Cl)[C@@H](O[C@@H]4O[C@H](CO)[C@@H](O)[C@H](O)[C@H]4NC(C)=O)[C@H]4NC(=O)[C@H](NC(O)[C@@H]5NC(=O)[C@@H](NC3=O)c3cc(O)cc(c3)Oc3cc2ccc3O)c2ccc(O)c(c2)-c2c(O)cc(O)cc2[C@H](C(=O)O)NC4=O)nn1. The molecule has 0 radical (unpaired) electrons. The van der Waals surface area contributed by atoms with Crippen molar-refractivity contribution < 1.29 is 118 Å². The van der Waals surface area contributed by atoms with Crippen LogP contribution in [-0.2, 0) is 60.8 Å². The van der Waals surface area contributed by atoms with E-state index in [0.717, 1.165) is 112 Å². The van der Waals surface area contributed by atoms with Crippen LogP contribution in [0.1, 0.15) is 133 Å². The smallest absolute Gasteiger partial charge is 0.330 e. The molecule has 7 aliphatic heterocycles. The average molecular weight is 1600 g/mol. The van der Waals surface area contributed by atoms with Gasteiger partial charge in [-0.25, -0.2) is 9.48 Å². The number of amides is 6. The Morgan fingerprint density at radius 1 is 0.619 bits per heavy atom. The number of aliphatic hydroxyl groups excluding tert-OH is 4. The Morgan fingerprint density at radius 3 is 2.01 bits per heavy atom. The summed E-state index contributed by atoms with van der Waals surface area (Å²) in [5.74, 6) is -15.2. The summed E-state index contributed by atoms with van der Waals surface area (Å²) in [6.07, 6.45) is -5.08. The molecule has 36 heteroatoms. The van der Waals surface area contributed by atoms with E-state index in [2.05, 4.69) is 54.5 Å². The van der Waals surface area contributed by atoms with Crippen LogP contribution in [0.15, 0.2) is 121 Å². The summed E-state index contributed by atoms with van der Waals surface area (Å²) in [4.78, 5) is 106. The number of phenols is 6. The van der Waals surface area contributed by atoms with Crippen LogP contribution in [0.4, 0.5) is 0 Å². The van der Waals surface area contributed by atoms with E-state index in [1.54, 1.807) is 0 Å². The van der Waals surface area contributed by atoms with E-state index in [4.69, 9.17) is 51.6 Å². The largest absolute Gasteiger partial charge is 0.508 e. The van der Waals surface area contributed by atoms with Crippen molar-refractivity contribution in [3.63, 3.8) is 0 Å². The highest BCUT2D eigenvalue weighted by molar-refractivity contribution is 6.32. The van der Waals surface area contributed by atoms with E-state index in [1.165, 1.54) is 59.4 Å². The number of hydrogen-bond donors (Lipinski definition) is 18. The number of nitrogens with zero attached hydrogens (tertiary/aromatic N) is 3. The second kappa shape index (κ2) is 33.8. The van der Waals surface area contributed by atoms with Crippen LogP contribution in [0.5, 0.6) is 69.0 Å². The van der Waals surface area contributed by atoms with Gasteiger partial charge in [0.25, 0.3) is 0 Å². The van der Waals surface area contributed by atoms with Gasteiger partial charge in [0.05, 0.1) is 35.5 Å². The highest BCUT2D eigenvalue weighted by Crippen LogP contribution is 2.49. The fourth-order valence-corrected chi connectivity index (χ4v) is 14.6. The van der Waals surface area contributed by atoms with Gasteiger partial charge in [-0.1, -0.05) is 91.7 Å². The number of ether oxygens (including phenoxy) is 6. The highest BCUT2D eigenvalue weighted by Gasteiger charge is 2.49. The second-order valence-electron chi connectivity index (χ2n) is 27.7. The molecule has 7 aliphatic rings. The van der Waals surface area contributed by atoms with Gasteiger partial charge in [0.1, 0.15) is 107 Å². The number of carboxylic acids is 1. The maximum Gasteiger partial charge on any atom is 0.330 e. The van der Waals surface area contributed by atoms with Crippen LogP contribution in [0.3, 0.4) is 0 Å². The Bertz CT molecular complexity index is 5010. The van der Waals surface area contributed by atoms with Gasteiger partial charge in [-0.2, -0.15) is 0 Å². The number of carbonyl (C=O) groups excluding carboxylic acids is 6. The number of phenolic OH excluding ortho intramolecular Hbond substituents is 6. The number of unbranched alkanes of at least 4 members (excludes halogenated alkanes) is 5. The van der Waals surface area contributed by atoms with Gasteiger partial charge >= 0.3 is 5.97 Å². The van der Waals surface area contributed by atoms with Gasteiger partial charge in [-0.05, 0) is 119 Å². The van der Waals surface area contributed by atoms with Crippen molar-refractivity contribution in [1.29, 1.82) is 0 Å². The Hall–Kier alpha value is -11.6. The fraction of sp³-hybridized carbons (Fsp3) is 0.338. The number of hydrogen-bond acceptors (Lipinski definition) is 26. The number of carboxylic acid groups (broad SMARTS) is 1. The molecular formula is C77H78Cl2N10O24. The summed E-state index contributed by atoms with van der Waals surface area (Å²) in [7, 11) is 0. The number of halogens is 2. The number of aliphatic hydroxyl groups is 4. The van der Waals surface area contributed by atoms with Crippen molar-refractivity contribution in [3.8, 4) is 80.1 Å². The van der Waals surface area contributed by atoms with Crippen LogP contribution >= 0.6 is 23.2 Å². The summed E-state index contributed by atoms with van der Waals surface area (Å²) in [5, 5.41) is 154. The normalized spacial score (nSPS) is 24.3. The van der Waals surface area contributed by atoms with Crippen molar-refractivity contribution in [2.24, 2.45) is 0 Å². The average Bonchev–Trinajstić information content (AvgIpc) is 1.05. The molecule has 1 aromatic heterocycles. The van der Waals surface area contributed by atoms with Gasteiger partial charge in [0.2, 0.25) is 41.2 Å². The van der Waals surface area contributed by atoms with Crippen LogP contribution < -0.4 is 51.4 Å². The fourth-order valence-electron chi connectivity index (χ4n) is 14.1. The van der Waals surface area contributed by atoms with Gasteiger partial charge < -0.3 is 116 Å².